The fourth-order valence-corrected chi connectivity index (χ4v) is 15.0. The van der Waals surface area contributed by atoms with E-state index in [1.165, 1.54) is 81.4 Å². The Kier molecular flexibility index (Phi) is 32.7. The molecule has 0 saturated carbocycles. The van der Waals surface area contributed by atoms with Crippen LogP contribution in [0.25, 0.3) is 12.2 Å². The minimum absolute atomic E-state index is 0. The summed E-state index contributed by atoms with van der Waals surface area (Å²) >= 11 is -18.4. The van der Waals surface area contributed by atoms with Crippen LogP contribution < -0.4 is 19.2 Å². The van der Waals surface area contributed by atoms with Crippen molar-refractivity contribution in [1.82, 2.24) is 0 Å². The third-order valence-corrected chi connectivity index (χ3v) is 19.7. The summed E-state index contributed by atoms with van der Waals surface area (Å²) < 4.78 is 206. The quantitative estimate of drug-likeness (QED) is 0.0172. The molecule has 0 spiro atoms. The van der Waals surface area contributed by atoms with Crippen molar-refractivity contribution >= 4 is 112 Å². The number of allylic oxidation sites excluding steroid dienone is 2. The van der Waals surface area contributed by atoms with Crippen molar-refractivity contribution in [3.05, 3.63) is 161 Å². The van der Waals surface area contributed by atoms with Crippen LogP contribution in [0.3, 0.4) is 0 Å². The van der Waals surface area contributed by atoms with E-state index < -0.39 is 65.6 Å². The van der Waals surface area contributed by atoms with Crippen LogP contribution >= 0.6 is 7.81 Å². The molecular weight excluding hydrogens is 1710 g/mol. The van der Waals surface area contributed by atoms with Crippen LogP contribution in [0.4, 0.5) is 94.9 Å². The van der Waals surface area contributed by atoms with E-state index >= 15 is 0 Å². The number of hydrogen-bond donors (Lipinski definition) is 0. The Morgan fingerprint density at radius 2 is 0.890 bits per heavy atom. The Labute approximate surface area is 638 Å². The van der Waals surface area contributed by atoms with Gasteiger partial charge in [-0.2, -0.15) is 26.9 Å². The van der Waals surface area contributed by atoms with Gasteiger partial charge in [-0.25, -0.2) is 0 Å². The molecule has 0 amide bonds. The van der Waals surface area contributed by atoms with Gasteiger partial charge in [0.05, 0.1) is 34.6 Å². The first-order valence-corrected chi connectivity index (χ1v) is 48.4. The monoisotopic (exact) mass is 1810 g/mol. The summed E-state index contributed by atoms with van der Waals surface area (Å²) in [6.45, 7) is 36.9. The molecule has 6 nitrogen and oxygen atoms in total. The molecule has 109 heavy (non-hydrogen) atoms. The Hall–Kier alpha value is -5.54. The molecule has 5 aromatic carbocycles. The van der Waals surface area contributed by atoms with Crippen LogP contribution in [0.15, 0.2) is 132 Å². The summed E-state index contributed by atoms with van der Waals surface area (Å²) in [5.41, 5.74) is 15.1. The number of aliphatic imine (C=N–C) groups is 1. The zero-order valence-electron chi connectivity index (χ0n) is 64.1. The van der Waals surface area contributed by atoms with Crippen LogP contribution in [-0.2, 0) is 17.0 Å². The zero-order chi connectivity index (χ0) is 80.2. The van der Waals surface area contributed by atoms with Gasteiger partial charge in [0, 0.05) is 104 Å². The van der Waals surface area contributed by atoms with E-state index in [4.69, 9.17) is 4.99 Å². The van der Waals surface area contributed by atoms with Gasteiger partial charge in [0.2, 0.25) is 22.8 Å². The SMILES string of the molecule is CC1CC(C)CN(c2ccc(/C=C/C3=[N+](CCCC[N+]4=C(/C=C/c5ccc(N6CC(C)CC(C)C6)cc5)C(C)(C)c5ccccc54)c4ccccc4C3C)cc2)C1.CCCCC(CCCC)N=CC1=[N+](CCC(C)C)c2ccc(C(F)(F)F)cc2C1(C)C.F[P-](F)(F)(F)(F)F.[F-].[F-].[F][Sb]([F])([F])([F])[F].[F][Sb]([F])([F])([F])[F]. The van der Waals surface area contributed by atoms with Crippen LogP contribution in [-0.4, -0.2) is 130 Å². The molecule has 614 valence electrons. The van der Waals surface area contributed by atoms with E-state index in [9.17, 15) is 66.5 Å². The molecule has 0 aromatic heterocycles. The van der Waals surface area contributed by atoms with Crippen molar-refractivity contribution in [2.45, 2.75) is 190 Å². The second-order valence-electron chi connectivity index (χ2n) is 30.8. The number of para-hydroxylation sites is 2. The van der Waals surface area contributed by atoms with Crippen LogP contribution in [0.1, 0.15) is 200 Å². The number of hydrogen-bond acceptors (Lipinski definition) is 3. The second kappa shape index (κ2) is 37.2. The molecule has 10 rings (SSSR count). The van der Waals surface area contributed by atoms with Gasteiger partial charge in [-0.3, -0.25) is 4.99 Å². The van der Waals surface area contributed by atoms with Gasteiger partial charge in [-0.1, -0.05) is 142 Å². The molecule has 5 aliphatic rings. The van der Waals surface area contributed by atoms with Crippen molar-refractivity contribution in [1.29, 1.82) is 0 Å². The Morgan fingerprint density at radius 1 is 0.495 bits per heavy atom. The van der Waals surface area contributed by atoms with Gasteiger partial charge >= 0.3 is 108 Å². The van der Waals surface area contributed by atoms with Gasteiger partial charge in [0.15, 0.2) is 11.4 Å². The van der Waals surface area contributed by atoms with E-state index in [2.05, 4.69) is 221 Å². The molecule has 30 heteroatoms. The molecular formula is C79H106F21N6PSb2. The topological polar surface area (TPSA) is 27.9 Å². The van der Waals surface area contributed by atoms with E-state index in [0.29, 0.717) is 11.8 Å². The van der Waals surface area contributed by atoms with E-state index in [1.54, 1.807) is 6.07 Å². The normalized spacial score (nSPS) is 21.1. The number of fused-ring (bicyclic) bond motifs is 3. The molecule has 0 bridgehead atoms. The first kappa shape index (κ1) is 95.8. The molecule has 5 unspecified atom stereocenters. The number of unbranched alkanes of at least 4 members (excludes halogenated alkanes) is 3. The molecule has 5 aliphatic heterocycles. The van der Waals surface area contributed by atoms with Crippen molar-refractivity contribution in [3.63, 3.8) is 0 Å². The number of benzene rings is 5. The predicted octanol–water partition coefficient (Wildman–Crippen LogP) is 20.9. The standard InChI is InChI=1S/C53H66N4.C26H40F3N2.F6P.12FH.2Sb/c1-38-32-39(2)35-54(34-38)45-24-18-43(19-25-45)22-28-49-42(5)47-14-8-10-16-50(47)56(49)30-12-13-31-57-51-17-11-9-15-48(51)53(6,7)52(57)29-23-44-20-26-46(27-21-44)55-36-40(3)33-41(4)37-55;1-7-9-11-21(12-10-8-2)30-18-24-25(5,6)22-17-20(26(27,28)29)13-14-23(22)31(24)16-15-19(3)4;1-7(2,3,4,5)6;;;;;;;;;;;;;;/h8-11,14-29,38-42H,12-13,30-37H2,1-7H3;13-14,17-19,21H,7-12,15-16H2,1-6H3;;12*1H;;/q+2;+1;-1;;;;;;;;;;;;;2*+5/p-12. The number of piperidine rings is 2. The summed E-state index contributed by atoms with van der Waals surface area (Å²) in [6.07, 6.45) is 19.7. The van der Waals surface area contributed by atoms with Crippen molar-refractivity contribution < 1.29 is 89.6 Å². The molecule has 2 saturated heterocycles. The number of alkyl halides is 3. The Bertz CT molecular complexity index is 3910. The van der Waals surface area contributed by atoms with Crippen LogP contribution in [0, 0.1) is 29.6 Å². The van der Waals surface area contributed by atoms with Gasteiger partial charge in [0.25, 0.3) is 0 Å². The Morgan fingerprint density at radius 3 is 1.33 bits per heavy atom. The molecule has 0 N–H and O–H groups in total. The van der Waals surface area contributed by atoms with Gasteiger partial charge in [0.1, 0.15) is 19.6 Å². The molecule has 0 aliphatic carbocycles. The van der Waals surface area contributed by atoms with Crippen molar-refractivity contribution in [3.8, 4) is 0 Å². The molecule has 5 heterocycles. The number of nitrogens with zero attached hydrogens (tertiary/aromatic N) is 6. The molecule has 2 fully saturated rings. The fourth-order valence-electron chi connectivity index (χ4n) is 15.0. The van der Waals surface area contributed by atoms with Crippen molar-refractivity contribution in [2.75, 3.05) is 55.6 Å². The number of anilines is 2. The molecule has 5 aromatic rings. The zero-order valence-corrected chi connectivity index (χ0v) is 70.1. The average Bonchev–Trinajstić information content (AvgIpc) is 1.61. The van der Waals surface area contributed by atoms with E-state index in [-0.39, 0.29) is 20.9 Å². The van der Waals surface area contributed by atoms with Gasteiger partial charge in [-0.15, -0.1) is 0 Å². The van der Waals surface area contributed by atoms with Gasteiger partial charge < -0.3 is 19.2 Å². The summed E-state index contributed by atoms with van der Waals surface area (Å²) in [4.78, 5) is 10.1. The second-order valence-corrected chi connectivity index (χ2v) is 40.0. The summed E-state index contributed by atoms with van der Waals surface area (Å²) in [5.74, 6) is 3.89. The fraction of sp³-hybridized carbons (Fsp3) is 0.519. The first-order chi connectivity index (χ1) is 49.0. The number of rotatable bonds is 22. The van der Waals surface area contributed by atoms with Gasteiger partial charge in [-0.05, 0) is 150 Å². The average molecular weight is 1810 g/mol. The number of halogens is 21. The third kappa shape index (κ3) is 32.5. The predicted molar refractivity (Wildman–Crippen MR) is 406 cm³/mol. The Balaban J connectivity index is 0.000000403. The van der Waals surface area contributed by atoms with Crippen LogP contribution in [0.5, 0.6) is 0 Å². The minimum atomic E-state index is -10.7. The van der Waals surface area contributed by atoms with Crippen molar-refractivity contribution in [2.24, 2.45) is 34.6 Å². The summed E-state index contributed by atoms with van der Waals surface area (Å²) in [7, 11) is -10.7. The van der Waals surface area contributed by atoms with E-state index in [1.807, 2.05) is 20.1 Å². The maximum atomic E-state index is 13.4. The molecule has 5 atom stereocenters. The molecule has 0 radical (unpaired) electrons. The maximum absolute atomic E-state index is 13.4. The summed E-state index contributed by atoms with van der Waals surface area (Å²) in [6, 6.07) is 41.1. The van der Waals surface area contributed by atoms with Crippen LogP contribution in [0.2, 0.25) is 0 Å². The first-order valence-electron chi connectivity index (χ1n) is 36.7. The third-order valence-electron chi connectivity index (χ3n) is 19.7. The van der Waals surface area contributed by atoms with E-state index in [0.717, 1.165) is 144 Å². The summed E-state index contributed by atoms with van der Waals surface area (Å²) in [5, 5.41) is 0.